The molecule has 0 aliphatic carbocycles. The van der Waals surface area contributed by atoms with Gasteiger partial charge in [0, 0.05) is 44.1 Å². The molecule has 3 aromatic heterocycles. The first-order valence-electron chi connectivity index (χ1n) is 12.6. The second-order valence-electron chi connectivity index (χ2n) is 9.48. The van der Waals surface area contributed by atoms with Gasteiger partial charge in [0.25, 0.3) is 0 Å². The molecule has 1 unspecified atom stereocenters. The molecule has 1 fully saturated rings. The summed E-state index contributed by atoms with van der Waals surface area (Å²) in [5.74, 6) is 0.956. The fraction of sp³-hybridized carbons (Fsp3) is 0.560. The van der Waals surface area contributed by atoms with Crippen LogP contribution in [0.3, 0.4) is 0 Å². The van der Waals surface area contributed by atoms with E-state index in [0.717, 1.165) is 36.0 Å². The summed E-state index contributed by atoms with van der Waals surface area (Å²) < 4.78 is 43.4. The minimum atomic E-state index is -3.99. The molecule has 4 atom stereocenters. The van der Waals surface area contributed by atoms with Gasteiger partial charge < -0.3 is 9.47 Å². The second kappa shape index (κ2) is 11.6. The molecule has 200 valence electrons. The monoisotopic (exact) mass is 529 g/mol. The Morgan fingerprint density at radius 2 is 1.89 bits per heavy atom. The van der Waals surface area contributed by atoms with Gasteiger partial charge in [0.1, 0.15) is 11.4 Å². The molecule has 1 aliphatic rings. The Labute approximate surface area is 218 Å². The quantitative estimate of drug-likeness (QED) is 0.416. The molecule has 4 rings (SSSR count). The zero-order valence-corrected chi connectivity index (χ0v) is 22.8. The topological polar surface area (TPSA) is 134 Å². The van der Waals surface area contributed by atoms with Crippen molar-refractivity contribution in [3.8, 4) is 11.4 Å². The van der Waals surface area contributed by atoms with Crippen molar-refractivity contribution in [3.63, 3.8) is 0 Å². The maximum atomic E-state index is 13.6. The Morgan fingerprint density at radius 1 is 1.14 bits per heavy atom. The summed E-state index contributed by atoms with van der Waals surface area (Å²) in [6.07, 6.45) is 9.42. The largest absolute Gasteiger partial charge is 0.376 e. The fourth-order valence-electron chi connectivity index (χ4n) is 4.67. The van der Waals surface area contributed by atoms with Crippen molar-refractivity contribution < 1.29 is 17.9 Å². The lowest BCUT2D eigenvalue weighted by Crippen LogP contribution is -2.35. The summed E-state index contributed by atoms with van der Waals surface area (Å²) in [7, 11) is -2.55. The van der Waals surface area contributed by atoms with E-state index in [1.165, 1.54) is 7.11 Å². The van der Waals surface area contributed by atoms with Crippen molar-refractivity contribution in [3.05, 3.63) is 47.8 Å². The van der Waals surface area contributed by atoms with Crippen molar-refractivity contribution in [1.29, 1.82) is 0 Å². The van der Waals surface area contributed by atoms with Crippen LogP contribution in [0.25, 0.3) is 11.4 Å². The number of anilines is 1. The molecular formula is C25H35N7O4S. The highest BCUT2D eigenvalue weighted by Crippen LogP contribution is 2.34. The standard InChI is InChI=1S/C25H35N7O4S/c1-6-20(21-9-7-8-10-36-21)32-24(19-11-16(2)12-26-15-19)29-30-25(32)31-37(33,34)18(4)22(35-5)23-27-13-17(3)14-28-23/h11-15,18,20-22H,6-10H2,1-5H3,(H,30,31)/t18-,20-,21?,22-/m0/s1. The van der Waals surface area contributed by atoms with Gasteiger partial charge in [-0.1, -0.05) is 6.92 Å². The van der Waals surface area contributed by atoms with Gasteiger partial charge in [0.2, 0.25) is 16.0 Å². The molecule has 0 spiro atoms. The third kappa shape index (κ3) is 5.97. The molecule has 1 N–H and O–H groups in total. The predicted octanol–water partition coefficient (Wildman–Crippen LogP) is 3.79. The van der Waals surface area contributed by atoms with Crippen LogP contribution in [0.15, 0.2) is 30.9 Å². The highest BCUT2D eigenvalue weighted by Gasteiger charge is 2.36. The summed E-state index contributed by atoms with van der Waals surface area (Å²) in [5, 5.41) is 7.68. The molecule has 4 heterocycles. The van der Waals surface area contributed by atoms with E-state index in [4.69, 9.17) is 9.47 Å². The van der Waals surface area contributed by atoms with E-state index in [0.29, 0.717) is 24.7 Å². The first-order valence-corrected chi connectivity index (χ1v) is 14.1. The normalized spacial score (nSPS) is 18.8. The molecule has 11 nitrogen and oxygen atoms in total. The van der Waals surface area contributed by atoms with Gasteiger partial charge >= 0.3 is 0 Å². The van der Waals surface area contributed by atoms with Gasteiger partial charge in [-0.25, -0.2) is 18.4 Å². The maximum absolute atomic E-state index is 13.6. The zero-order valence-electron chi connectivity index (χ0n) is 22.0. The SMILES string of the molecule is CC[C@@H](C1CCCCO1)n1c(NS(=O)(=O)[C@@H](C)[C@H](OC)c2ncc(C)cn2)nnc1-c1cncc(C)c1. The number of hydrogen-bond acceptors (Lipinski definition) is 9. The van der Waals surface area contributed by atoms with E-state index >= 15 is 0 Å². The van der Waals surface area contributed by atoms with Gasteiger partial charge in [-0.15, -0.1) is 10.2 Å². The number of sulfonamides is 1. The molecule has 0 bridgehead atoms. The smallest absolute Gasteiger partial charge is 0.240 e. The Kier molecular flexibility index (Phi) is 8.50. The Balaban J connectivity index is 1.73. The van der Waals surface area contributed by atoms with E-state index in [-0.39, 0.29) is 18.1 Å². The van der Waals surface area contributed by atoms with Crippen molar-refractivity contribution in [1.82, 2.24) is 29.7 Å². The van der Waals surface area contributed by atoms with Crippen LogP contribution in [0.1, 0.15) is 68.6 Å². The van der Waals surface area contributed by atoms with Gasteiger partial charge in [-0.2, -0.15) is 0 Å². The van der Waals surface area contributed by atoms with Crippen molar-refractivity contribution >= 4 is 16.0 Å². The van der Waals surface area contributed by atoms with Crippen LogP contribution in [-0.4, -0.2) is 63.2 Å². The van der Waals surface area contributed by atoms with Crippen molar-refractivity contribution in [2.75, 3.05) is 18.4 Å². The molecule has 12 heteroatoms. The number of nitrogens with zero attached hydrogens (tertiary/aromatic N) is 6. The van der Waals surface area contributed by atoms with Crippen LogP contribution in [0.2, 0.25) is 0 Å². The lowest BCUT2D eigenvalue weighted by atomic mass is 9.99. The summed E-state index contributed by atoms with van der Waals surface area (Å²) in [5.41, 5.74) is 2.59. The van der Waals surface area contributed by atoms with E-state index in [1.54, 1.807) is 31.7 Å². The molecule has 1 saturated heterocycles. The summed E-state index contributed by atoms with van der Waals surface area (Å²) >= 11 is 0. The van der Waals surface area contributed by atoms with Crippen molar-refractivity contribution in [2.24, 2.45) is 0 Å². The third-order valence-electron chi connectivity index (χ3n) is 6.68. The van der Waals surface area contributed by atoms with Crippen molar-refractivity contribution in [2.45, 2.75) is 76.9 Å². The first kappa shape index (κ1) is 27.1. The van der Waals surface area contributed by atoms with Crippen LogP contribution in [-0.2, 0) is 19.5 Å². The Morgan fingerprint density at radius 3 is 2.51 bits per heavy atom. The Bertz CT molecular complexity index is 1290. The van der Waals surface area contributed by atoms with Gasteiger partial charge in [-0.05, 0) is 63.6 Å². The highest BCUT2D eigenvalue weighted by molar-refractivity contribution is 7.93. The number of methoxy groups -OCH3 is 1. The highest BCUT2D eigenvalue weighted by atomic mass is 32.2. The minimum Gasteiger partial charge on any atom is -0.376 e. The fourth-order valence-corrected chi connectivity index (χ4v) is 5.81. The summed E-state index contributed by atoms with van der Waals surface area (Å²) in [6.45, 7) is 8.10. The average Bonchev–Trinajstić information content (AvgIpc) is 3.29. The molecule has 3 aromatic rings. The first-order chi connectivity index (χ1) is 17.7. The maximum Gasteiger partial charge on any atom is 0.240 e. The lowest BCUT2D eigenvalue weighted by molar-refractivity contribution is -0.0169. The average molecular weight is 530 g/mol. The number of pyridine rings is 1. The van der Waals surface area contributed by atoms with E-state index in [2.05, 4.69) is 36.8 Å². The minimum absolute atomic E-state index is 0.0837. The van der Waals surface area contributed by atoms with E-state index < -0.39 is 21.4 Å². The second-order valence-corrected chi connectivity index (χ2v) is 11.5. The van der Waals surface area contributed by atoms with Crippen LogP contribution in [0.5, 0.6) is 0 Å². The van der Waals surface area contributed by atoms with Crippen LogP contribution >= 0.6 is 0 Å². The number of aromatic nitrogens is 6. The van der Waals surface area contributed by atoms with Crippen LogP contribution in [0, 0.1) is 13.8 Å². The summed E-state index contributed by atoms with van der Waals surface area (Å²) in [4.78, 5) is 12.9. The molecule has 0 saturated carbocycles. The van der Waals surface area contributed by atoms with E-state index in [1.807, 2.05) is 24.5 Å². The molecular weight excluding hydrogens is 494 g/mol. The number of aryl methyl sites for hydroxylation is 2. The molecule has 0 aromatic carbocycles. The number of ether oxygens (including phenoxy) is 2. The molecule has 0 radical (unpaired) electrons. The number of nitrogens with one attached hydrogen (secondary N) is 1. The predicted molar refractivity (Wildman–Crippen MR) is 139 cm³/mol. The zero-order chi connectivity index (χ0) is 26.6. The molecule has 37 heavy (non-hydrogen) atoms. The van der Waals surface area contributed by atoms with Gasteiger partial charge in [0.05, 0.1) is 12.1 Å². The van der Waals surface area contributed by atoms with E-state index in [9.17, 15) is 8.42 Å². The summed E-state index contributed by atoms with van der Waals surface area (Å²) in [6, 6.07) is 1.79. The van der Waals surface area contributed by atoms with Crippen LogP contribution in [0.4, 0.5) is 5.95 Å². The van der Waals surface area contributed by atoms with Gasteiger partial charge in [0.15, 0.2) is 11.6 Å². The molecule has 1 aliphatic heterocycles. The Hall–Kier alpha value is -2.96. The molecule has 0 amide bonds. The lowest BCUT2D eigenvalue weighted by Gasteiger charge is -2.32. The number of hydrogen-bond donors (Lipinski definition) is 1. The van der Waals surface area contributed by atoms with Gasteiger partial charge in [-0.3, -0.25) is 14.3 Å². The van der Waals surface area contributed by atoms with Crippen LogP contribution < -0.4 is 4.72 Å². The third-order valence-corrected chi connectivity index (χ3v) is 8.37. The number of rotatable bonds is 10.